The number of rotatable bonds is 4. The molecule has 0 spiro atoms. The molecule has 1 unspecified atom stereocenters. The second kappa shape index (κ2) is 6.20. The first-order valence-corrected chi connectivity index (χ1v) is 7.30. The summed E-state index contributed by atoms with van der Waals surface area (Å²) in [4.78, 5) is 4.29. The van der Waals surface area contributed by atoms with Gasteiger partial charge in [-0.2, -0.15) is 0 Å². The van der Waals surface area contributed by atoms with Crippen LogP contribution in [0.3, 0.4) is 0 Å². The quantitative estimate of drug-likeness (QED) is 0.746. The van der Waals surface area contributed by atoms with Gasteiger partial charge >= 0.3 is 0 Å². The Morgan fingerprint density at radius 3 is 2.74 bits per heavy atom. The maximum atomic E-state index is 5.99. The number of nitrogens with zero attached hydrogens (tertiary/aromatic N) is 1. The molecule has 1 aromatic carbocycles. The zero-order valence-corrected chi connectivity index (χ0v) is 13.1. The third-order valence-corrected chi connectivity index (χ3v) is 4.28. The topological polar surface area (TPSA) is 22.1 Å². The molecule has 2 rings (SSSR count). The molecule has 3 heteroatoms. The number of benzene rings is 1. The number of halogens is 1. The van der Waals surface area contributed by atoms with E-state index in [4.69, 9.17) is 4.74 Å². The Balaban J connectivity index is 2.36. The SMILES string of the molecule is CCC(C)c1ccccc1Oc1nccc(C)c1Br. The van der Waals surface area contributed by atoms with Crippen molar-refractivity contribution in [1.82, 2.24) is 4.98 Å². The molecular formula is C16H18BrNO. The molecule has 2 nitrogen and oxygen atoms in total. The molecule has 0 fully saturated rings. The highest BCUT2D eigenvalue weighted by Gasteiger charge is 2.12. The number of aryl methyl sites for hydroxylation is 1. The van der Waals surface area contributed by atoms with Crippen molar-refractivity contribution >= 4 is 15.9 Å². The van der Waals surface area contributed by atoms with Crippen LogP contribution in [0.1, 0.15) is 37.3 Å². The van der Waals surface area contributed by atoms with Gasteiger partial charge in [0.2, 0.25) is 5.88 Å². The highest BCUT2D eigenvalue weighted by molar-refractivity contribution is 9.10. The van der Waals surface area contributed by atoms with Gasteiger partial charge in [-0.15, -0.1) is 0 Å². The monoisotopic (exact) mass is 319 g/mol. The van der Waals surface area contributed by atoms with Crippen LogP contribution < -0.4 is 4.74 Å². The van der Waals surface area contributed by atoms with E-state index >= 15 is 0 Å². The van der Waals surface area contributed by atoms with Gasteiger partial charge in [-0.1, -0.05) is 32.0 Å². The average Bonchev–Trinajstić information content (AvgIpc) is 2.43. The molecule has 0 radical (unpaired) electrons. The van der Waals surface area contributed by atoms with E-state index < -0.39 is 0 Å². The van der Waals surface area contributed by atoms with E-state index in [2.05, 4.69) is 40.8 Å². The number of hydrogen-bond acceptors (Lipinski definition) is 2. The fourth-order valence-electron chi connectivity index (χ4n) is 1.89. The summed E-state index contributed by atoms with van der Waals surface area (Å²) in [6, 6.07) is 10.1. The predicted octanol–water partition coefficient (Wildman–Crippen LogP) is 5.46. The minimum absolute atomic E-state index is 0.472. The summed E-state index contributed by atoms with van der Waals surface area (Å²) in [6.45, 7) is 6.42. The molecule has 2 aromatic rings. The zero-order valence-electron chi connectivity index (χ0n) is 11.5. The number of para-hydroxylation sites is 1. The zero-order chi connectivity index (χ0) is 13.8. The summed E-state index contributed by atoms with van der Waals surface area (Å²) in [6.07, 6.45) is 2.85. The Kier molecular flexibility index (Phi) is 4.59. The number of pyridine rings is 1. The van der Waals surface area contributed by atoms with E-state index in [1.807, 2.05) is 31.2 Å². The molecule has 0 saturated carbocycles. The van der Waals surface area contributed by atoms with Gasteiger partial charge in [-0.3, -0.25) is 0 Å². The van der Waals surface area contributed by atoms with Crippen LogP contribution in [0.25, 0.3) is 0 Å². The van der Waals surface area contributed by atoms with Crippen molar-refractivity contribution in [2.45, 2.75) is 33.1 Å². The van der Waals surface area contributed by atoms with Crippen LogP contribution in [0, 0.1) is 6.92 Å². The highest BCUT2D eigenvalue weighted by atomic mass is 79.9. The van der Waals surface area contributed by atoms with Gasteiger partial charge in [0.15, 0.2) is 0 Å². The molecule has 0 amide bonds. The molecule has 1 aromatic heterocycles. The normalized spacial score (nSPS) is 12.2. The summed E-state index contributed by atoms with van der Waals surface area (Å²) in [7, 11) is 0. The number of aromatic nitrogens is 1. The van der Waals surface area contributed by atoms with Crippen molar-refractivity contribution in [3.8, 4) is 11.6 Å². The molecular weight excluding hydrogens is 302 g/mol. The number of ether oxygens (including phenoxy) is 1. The van der Waals surface area contributed by atoms with E-state index in [0.29, 0.717) is 11.8 Å². The molecule has 0 N–H and O–H groups in total. The van der Waals surface area contributed by atoms with E-state index in [9.17, 15) is 0 Å². The van der Waals surface area contributed by atoms with Crippen LogP contribution in [0.4, 0.5) is 0 Å². The summed E-state index contributed by atoms with van der Waals surface area (Å²) in [5, 5.41) is 0. The molecule has 0 aliphatic carbocycles. The Bertz CT molecular complexity index is 568. The predicted molar refractivity (Wildman–Crippen MR) is 81.9 cm³/mol. The molecule has 1 atom stereocenters. The van der Waals surface area contributed by atoms with Crippen molar-refractivity contribution < 1.29 is 4.74 Å². The van der Waals surface area contributed by atoms with Crippen LogP contribution in [0.15, 0.2) is 41.0 Å². The minimum atomic E-state index is 0.472. The van der Waals surface area contributed by atoms with E-state index in [1.54, 1.807) is 6.20 Å². The van der Waals surface area contributed by atoms with Gasteiger partial charge in [0.25, 0.3) is 0 Å². The first-order chi connectivity index (χ1) is 9.13. The smallest absolute Gasteiger partial charge is 0.233 e. The fraction of sp³-hybridized carbons (Fsp3) is 0.312. The highest BCUT2D eigenvalue weighted by Crippen LogP contribution is 2.34. The standard InChI is InChI=1S/C16H18BrNO/c1-4-11(2)13-7-5-6-8-14(13)19-16-15(17)12(3)9-10-18-16/h5-11H,4H2,1-3H3. The van der Waals surface area contributed by atoms with Crippen LogP contribution >= 0.6 is 15.9 Å². The summed E-state index contributed by atoms with van der Waals surface area (Å²) in [5.74, 6) is 1.98. The van der Waals surface area contributed by atoms with Crippen LogP contribution in [0.5, 0.6) is 11.6 Å². The maximum absolute atomic E-state index is 5.99. The lowest BCUT2D eigenvalue weighted by Crippen LogP contribution is -1.98. The van der Waals surface area contributed by atoms with Crippen molar-refractivity contribution in [3.63, 3.8) is 0 Å². The maximum Gasteiger partial charge on any atom is 0.233 e. The van der Waals surface area contributed by atoms with Gasteiger partial charge in [0.1, 0.15) is 5.75 Å². The summed E-state index contributed by atoms with van der Waals surface area (Å²) < 4.78 is 6.90. The first-order valence-electron chi connectivity index (χ1n) is 6.51. The van der Waals surface area contributed by atoms with Crippen molar-refractivity contribution in [1.29, 1.82) is 0 Å². The van der Waals surface area contributed by atoms with E-state index in [-0.39, 0.29) is 0 Å². The third-order valence-electron chi connectivity index (χ3n) is 3.32. The number of hydrogen-bond donors (Lipinski definition) is 0. The van der Waals surface area contributed by atoms with Gasteiger partial charge in [-0.05, 0) is 58.5 Å². The second-order valence-electron chi connectivity index (χ2n) is 4.70. The summed E-state index contributed by atoms with van der Waals surface area (Å²) >= 11 is 3.53. The molecule has 0 bridgehead atoms. The molecule has 1 heterocycles. The third kappa shape index (κ3) is 3.16. The largest absolute Gasteiger partial charge is 0.438 e. The van der Waals surface area contributed by atoms with Gasteiger partial charge < -0.3 is 4.74 Å². The van der Waals surface area contributed by atoms with Crippen LogP contribution in [0.2, 0.25) is 0 Å². The minimum Gasteiger partial charge on any atom is -0.438 e. The van der Waals surface area contributed by atoms with E-state index in [0.717, 1.165) is 22.2 Å². The molecule has 0 aliphatic rings. The van der Waals surface area contributed by atoms with Gasteiger partial charge in [-0.25, -0.2) is 4.98 Å². The Labute approximate surface area is 123 Å². The van der Waals surface area contributed by atoms with Crippen LogP contribution in [-0.4, -0.2) is 4.98 Å². The molecule has 100 valence electrons. The molecule has 0 aliphatic heterocycles. The lowest BCUT2D eigenvalue weighted by Gasteiger charge is -2.15. The molecule has 19 heavy (non-hydrogen) atoms. The lowest BCUT2D eigenvalue weighted by molar-refractivity contribution is 0.448. The lowest BCUT2D eigenvalue weighted by atomic mass is 9.98. The second-order valence-corrected chi connectivity index (χ2v) is 5.49. The Morgan fingerprint density at radius 2 is 2.00 bits per heavy atom. The fourth-order valence-corrected chi connectivity index (χ4v) is 2.21. The van der Waals surface area contributed by atoms with Crippen LogP contribution in [-0.2, 0) is 0 Å². The van der Waals surface area contributed by atoms with E-state index in [1.165, 1.54) is 5.56 Å². The van der Waals surface area contributed by atoms with Gasteiger partial charge in [0, 0.05) is 6.20 Å². The Hall–Kier alpha value is -1.35. The average molecular weight is 320 g/mol. The molecule has 0 saturated heterocycles. The Morgan fingerprint density at radius 1 is 1.26 bits per heavy atom. The van der Waals surface area contributed by atoms with Gasteiger partial charge in [0.05, 0.1) is 4.47 Å². The summed E-state index contributed by atoms with van der Waals surface area (Å²) in [5.41, 5.74) is 2.34. The van der Waals surface area contributed by atoms with Crippen molar-refractivity contribution in [2.24, 2.45) is 0 Å². The van der Waals surface area contributed by atoms with Crippen molar-refractivity contribution in [3.05, 3.63) is 52.1 Å². The van der Waals surface area contributed by atoms with Crippen molar-refractivity contribution in [2.75, 3.05) is 0 Å². The first kappa shape index (κ1) is 14.1.